The average Bonchev–Trinajstić information content (AvgIpc) is 3.44. The minimum absolute atomic E-state index is 0.227. The highest BCUT2D eigenvalue weighted by atomic mass is 32.1. The summed E-state index contributed by atoms with van der Waals surface area (Å²) < 4.78 is 18.5. The number of nitrogens with zero attached hydrogens (tertiary/aromatic N) is 2. The predicted octanol–water partition coefficient (Wildman–Crippen LogP) is 4.36. The highest BCUT2D eigenvalue weighted by Gasteiger charge is 2.21. The molecule has 2 amide bonds. The van der Waals surface area contributed by atoms with Gasteiger partial charge in [0.25, 0.3) is 11.8 Å². The molecule has 4 rings (SSSR count). The molecule has 2 aromatic carbocycles. The summed E-state index contributed by atoms with van der Waals surface area (Å²) in [4.78, 5) is 29.8. The third-order valence-electron chi connectivity index (χ3n) is 4.42. The second-order valence-electron chi connectivity index (χ2n) is 6.64. The van der Waals surface area contributed by atoms with E-state index in [4.69, 9.17) is 4.52 Å². The smallest absolute Gasteiger partial charge is 0.270 e. The fourth-order valence-corrected chi connectivity index (χ4v) is 3.55. The Balaban J connectivity index is 1.45. The van der Waals surface area contributed by atoms with E-state index in [1.165, 1.54) is 23.5 Å². The van der Waals surface area contributed by atoms with E-state index >= 15 is 0 Å². The normalized spacial score (nSPS) is 11.7. The second kappa shape index (κ2) is 8.88. The quantitative estimate of drug-likeness (QED) is 0.468. The number of amides is 2. The number of carbonyl (C=O) groups excluding carboxylic acids is 2. The van der Waals surface area contributed by atoms with Crippen LogP contribution in [0.25, 0.3) is 22.2 Å². The number of rotatable bonds is 6. The van der Waals surface area contributed by atoms with Crippen LogP contribution in [0.3, 0.4) is 0 Å². The van der Waals surface area contributed by atoms with Crippen molar-refractivity contribution in [1.29, 1.82) is 0 Å². The van der Waals surface area contributed by atoms with Crippen LogP contribution in [-0.2, 0) is 4.79 Å². The summed E-state index contributed by atoms with van der Waals surface area (Å²) >= 11 is 1.32. The number of hydrogen-bond donors (Lipinski definition) is 2. The lowest BCUT2D eigenvalue weighted by atomic mass is 10.2. The lowest BCUT2D eigenvalue weighted by molar-refractivity contribution is -0.117. The van der Waals surface area contributed by atoms with E-state index in [1.54, 1.807) is 54.8 Å². The number of aromatic nitrogens is 2. The van der Waals surface area contributed by atoms with Gasteiger partial charge in [-0.2, -0.15) is 4.98 Å². The van der Waals surface area contributed by atoms with E-state index < -0.39 is 6.04 Å². The molecule has 0 radical (unpaired) electrons. The number of nitrogens with one attached hydrogen (secondary N) is 2. The summed E-state index contributed by atoms with van der Waals surface area (Å²) in [7, 11) is 0. The summed E-state index contributed by atoms with van der Waals surface area (Å²) in [6.07, 6.45) is 0. The van der Waals surface area contributed by atoms with Crippen molar-refractivity contribution in [2.24, 2.45) is 0 Å². The van der Waals surface area contributed by atoms with Gasteiger partial charge in [-0.3, -0.25) is 9.59 Å². The number of anilines is 1. The van der Waals surface area contributed by atoms with Crippen molar-refractivity contribution in [2.45, 2.75) is 13.0 Å². The van der Waals surface area contributed by atoms with Gasteiger partial charge in [-0.15, -0.1) is 11.3 Å². The summed E-state index contributed by atoms with van der Waals surface area (Å²) in [5.74, 6) is -0.546. The number of benzene rings is 2. The Morgan fingerprint density at radius 3 is 2.55 bits per heavy atom. The number of carbonyl (C=O) groups is 2. The van der Waals surface area contributed by atoms with Gasteiger partial charge in [-0.05, 0) is 54.8 Å². The minimum atomic E-state index is -0.766. The van der Waals surface area contributed by atoms with E-state index in [0.717, 1.165) is 0 Å². The van der Waals surface area contributed by atoms with Gasteiger partial charge >= 0.3 is 0 Å². The molecule has 9 heteroatoms. The van der Waals surface area contributed by atoms with Gasteiger partial charge in [0.2, 0.25) is 11.7 Å². The molecule has 0 saturated heterocycles. The molecule has 1 unspecified atom stereocenters. The summed E-state index contributed by atoms with van der Waals surface area (Å²) in [6, 6.07) is 15.3. The van der Waals surface area contributed by atoms with Gasteiger partial charge in [-0.25, -0.2) is 4.39 Å². The van der Waals surface area contributed by atoms with Crippen LogP contribution in [0.2, 0.25) is 0 Å². The molecule has 0 aliphatic carbocycles. The van der Waals surface area contributed by atoms with Crippen molar-refractivity contribution in [3.8, 4) is 22.2 Å². The van der Waals surface area contributed by atoms with E-state index in [2.05, 4.69) is 20.8 Å². The van der Waals surface area contributed by atoms with Gasteiger partial charge in [0, 0.05) is 11.1 Å². The highest BCUT2D eigenvalue weighted by Crippen LogP contribution is 2.33. The van der Waals surface area contributed by atoms with Crippen molar-refractivity contribution in [3.05, 3.63) is 77.4 Å². The molecule has 0 aliphatic rings. The van der Waals surface area contributed by atoms with Crippen molar-refractivity contribution in [1.82, 2.24) is 15.5 Å². The molecular weight excluding hydrogens is 419 g/mol. The maximum Gasteiger partial charge on any atom is 0.270 e. The first-order chi connectivity index (χ1) is 15.0. The van der Waals surface area contributed by atoms with Crippen molar-refractivity contribution < 1.29 is 18.5 Å². The largest absolute Gasteiger partial charge is 0.341 e. The Hall–Kier alpha value is -3.85. The molecule has 0 aliphatic heterocycles. The molecule has 2 N–H and O–H groups in total. The van der Waals surface area contributed by atoms with Crippen molar-refractivity contribution in [2.75, 3.05) is 5.32 Å². The molecule has 7 nitrogen and oxygen atoms in total. The first kappa shape index (κ1) is 20.4. The van der Waals surface area contributed by atoms with Crippen LogP contribution in [0.1, 0.15) is 17.3 Å². The Bertz CT molecular complexity index is 1200. The van der Waals surface area contributed by atoms with Crippen LogP contribution in [0, 0.1) is 5.82 Å². The predicted molar refractivity (Wildman–Crippen MR) is 115 cm³/mol. The molecule has 2 aromatic heterocycles. The molecule has 0 fully saturated rings. The first-order valence-electron chi connectivity index (χ1n) is 9.35. The highest BCUT2D eigenvalue weighted by molar-refractivity contribution is 7.14. The van der Waals surface area contributed by atoms with Crippen LogP contribution in [0.5, 0.6) is 0 Å². The number of hydrogen-bond acceptors (Lipinski definition) is 6. The van der Waals surface area contributed by atoms with E-state index in [-0.39, 0.29) is 23.5 Å². The standard InChI is InChI=1S/C22H17FN4O3S/c1-13(24-21(29)15-5-3-2-4-6-15)20(28)25-17-11-12-31-18(17)22-26-19(27-30-22)14-7-9-16(23)10-8-14/h2-13H,1H3,(H,24,29)(H,25,28). The Kier molecular flexibility index (Phi) is 5.85. The monoisotopic (exact) mass is 436 g/mol. The second-order valence-corrected chi connectivity index (χ2v) is 7.56. The van der Waals surface area contributed by atoms with Gasteiger partial charge in [-0.1, -0.05) is 23.4 Å². The molecule has 31 heavy (non-hydrogen) atoms. The first-order valence-corrected chi connectivity index (χ1v) is 10.2. The van der Waals surface area contributed by atoms with Gasteiger partial charge in [0.15, 0.2) is 0 Å². The van der Waals surface area contributed by atoms with E-state index in [0.29, 0.717) is 27.5 Å². The molecule has 1 atom stereocenters. The average molecular weight is 436 g/mol. The zero-order chi connectivity index (χ0) is 21.8. The van der Waals surface area contributed by atoms with Crippen molar-refractivity contribution >= 4 is 28.8 Å². The summed E-state index contributed by atoms with van der Waals surface area (Å²) in [5.41, 5.74) is 1.57. The number of thiophene rings is 1. The third kappa shape index (κ3) is 4.67. The Morgan fingerprint density at radius 1 is 1.06 bits per heavy atom. The fourth-order valence-electron chi connectivity index (χ4n) is 2.78. The maximum atomic E-state index is 13.1. The van der Waals surface area contributed by atoms with E-state index in [1.807, 2.05) is 6.07 Å². The summed E-state index contributed by atoms with van der Waals surface area (Å²) in [6.45, 7) is 1.60. The van der Waals surface area contributed by atoms with E-state index in [9.17, 15) is 14.0 Å². The Morgan fingerprint density at radius 2 is 1.81 bits per heavy atom. The lowest BCUT2D eigenvalue weighted by Crippen LogP contribution is -2.41. The zero-order valence-electron chi connectivity index (χ0n) is 16.3. The molecular formula is C22H17FN4O3S. The van der Waals surface area contributed by atoms with Gasteiger partial charge in [0.05, 0.1) is 5.69 Å². The molecule has 0 spiro atoms. The van der Waals surface area contributed by atoms with Crippen LogP contribution < -0.4 is 10.6 Å². The minimum Gasteiger partial charge on any atom is -0.341 e. The Labute approximate surface area is 180 Å². The zero-order valence-corrected chi connectivity index (χ0v) is 17.2. The number of halogens is 1. The molecule has 2 heterocycles. The van der Waals surface area contributed by atoms with Crippen LogP contribution in [0.15, 0.2) is 70.6 Å². The van der Waals surface area contributed by atoms with Crippen LogP contribution in [-0.4, -0.2) is 28.0 Å². The molecule has 4 aromatic rings. The van der Waals surface area contributed by atoms with Crippen LogP contribution >= 0.6 is 11.3 Å². The fraction of sp³-hybridized carbons (Fsp3) is 0.0909. The lowest BCUT2D eigenvalue weighted by Gasteiger charge is -2.14. The summed E-state index contributed by atoms with van der Waals surface area (Å²) in [5, 5.41) is 11.2. The molecule has 0 bridgehead atoms. The third-order valence-corrected chi connectivity index (χ3v) is 5.33. The topological polar surface area (TPSA) is 97.1 Å². The van der Waals surface area contributed by atoms with Gasteiger partial charge < -0.3 is 15.2 Å². The SMILES string of the molecule is CC(NC(=O)c1ccccc1)C(=O)Nc1ccsc1-c1nc(-c2ccc(F)cc2)no1. The van der Waals surface area contributed by atoms with Crippen molar-refractivity contribution in [3.63, 3.8) is 0 Å². The molecule has 0 saturated carbocycles. The molecule has 156 valence electrons. The maximum absolute atomic E-state index is 13.1. The van der Waals surface area contributed by atoms with Gasteiger partial charge in [0.1, 0.15) is 16.7 Å². The van der Waals surface area contributed by atoms with Crippen LogP contribution in [0.4, 0.5) is 10.1 Å².